The quantitative estimate of drug-likeness (QED) is 0.329. The van der Waals surface area contributed by atoms with Gasteiger partial charge in [-0.25, -0.2) is 9.78 Å². The molecule has 2 N–H and O–H groups in total. The molecule has 9 heteroatoms. The van der Waals surface area contributed by atoms with E-state index < -0.39 is 12.1 Å². The second-order valence-corrected chi connectivity index (χ2v) is 11.1. The number of alkyl carbamates (subject to hydrolysis) is 1. The van der Waals surface area contributed by atoms with Gasteiger partial charge in [0.1, 0.15) is 11.9 Å². The Morgan fingerprint density at radius 2 is 2.00 bits per heavy atom. The predicted molar refractivity (Wildman–Crippen MR) is 145 cm³/mol. The van der Waals surface area contributed by atoms with Gasteiger partial charge < -0.3 is 19.9 Å². The van der Waals surface area contributed by atoms with Gasteiger partial charge in [0.15, 0.2) is 0 Å². The number of rotatable bonds is 7. The molecular weight excluding hydrogens is 575 g/mol. The summed E-state index contributed by atoms with van der Waals surface area (Å²) >= 11 is 4.09. The minimum absolute atomic E-state index is 0.0673. The van der Waals surface area contributed by atoms with E-state index in [0.29, 0.717) is 6.54 Å². The second kappa shape index (κ2) is 11.5. The Labute approximate surface area is 223 Å². The average Bonchev–Trinajstić information content (AvgIpc) is 3.53. The maximum absolute atomic E-state index is 13.4. The van der Waals surface area contributed by atoms with Crippen LogP contribution in [0.5, 0.6) is 0 Å². The van der Waals surface area contributed by atoms with E-state index in [1.807, 2.05) is 43.1 Å². The summed E-state index contributed by atoms with van der Waals surface area (Å²) in [5, 5.41) is 2.69. The lowest BCUT2D eigenvalue weighted by atomic mass is 10.0. The number of carbonyl (C=O) groups is 2. The van der Waals surface area contributed by atoms with Crippen LogP contribution in [0.2, 0.25) is 0 Å². The molecule has 2 aromatic carbocycles. The first-order chi connectivity index (χ1) is 16.9. The van der Waals surface area contributed by atoms with Crippen molar-refractivity contribution < 1.29 is 14.3 Å². The van der Waals surface area contributed by atoms with Gasteiger partial charge in [-0.05, 0) is 65.6 Å². The molecule has 0 saturated carbocycles. The number of nitrogens with one attached hydrogen (secondary N) is 2. The highest BCUT2D eigenvalue weighted by molar-refractivity contribution is 14.1. The van der Waals surface area contributed by atoms with Crippen molar-refractivity contribution in [3.63, 3.8) is 0 Å². The molecule has 2 heterocycles. The van der Waals surface area contributed by atoms with Crippen LogP contribution >= 0.6 is 34.4 Å². The molecule has 0 aliphatic carbocycles. The number of benzene rings is 2. The number of halogens is 1. The zero-order chi connectivity index (χ0) is 24.9. The van der Waals surface area contributed by atoms with Crippen molar-refractivity contribution in [3.8, 4) is 11.3 Å². The molecule has 2 atom stereocenters. The zero-order valence-corrected chi connectivity index (χ0v) is 22.9. The monoisotopic (exact) mass is 604 g/mol. The predicted octanol–water partition coefficient (Wildman–Crippen LogP) is 5.88. The minimum atomic E-state index is -0.647. The molecule has 1 aromatic heterocycles. The molecule has 184 valence electrons. The van der Waals surface area contributed by atoms with E-state index in [0.717, 1.165) is 29.9 Å². The fourth-order valence-corrected chi connectivity index (χ4v) is 5.77. The van der Waals surface area contributed by atoms with Crippen LogP contribution < -0.4 is 5.32 Å². The van der Waals surface area contributed by atoms with Gasteiger partial charge in [-0.3, -0.25) is 4.79 Å². The van der Waals surface area contributed by atoms with E-state index in [4.69, 9.17) is 4.74 Å². The molecule has 1 aliphatic rings. The number of H-pyrrole nitrogens is 1. The van der Waals surface area contributed by atoms with E-state index in [-0.39, 0.29) is 17.9 Å². The fourth-order valence-electron chi connectivity index (χ4n) is 4.21. The van der Waals surface area contributed by atoms with Gasteiger partial charge in [0.05, 0.1) is 25.0 Å². The Morgan fingerprint density at radius 1 is 1.23 bits per heavy atom. The standard InChI is InChI=1S/C26H29IN4O3S/c1-16(2)23(30-26(33)34-3)25(32)31-13-7-10-21(31)24-28-15-20(29-24)17-11-12-19(27)22(14-17)35-18-8-5-4-6-9-18/h4-6,8-9,11-12,14-16,21,23H,7,10,13H2,1-3H3,(H,28,29)(H,30,33)/t21-,23-/m0/s1. The lowest BCUT2D eigenvalue weighted by Crippen LogP contribution is -2.51. The van der Waals surface area contributed by atoms with Crippen LogP contribution in [0, 0.1) is 9.49 Å². The summed E-state index contributed by atoms with van der Waals surface area (Å²) in [4.78, 5) is 37.5. The molecule has 3 aromatic rings. The van der Waals surface area contributed by atoms with Crippen molar-refractivity contribution >= 4 is 46.4 Å². The molecule has 7 nitrogen and oxygen atoms in total. The van der Waals surface area contributed by atoms with Crippen LogP contribution in [0.3, 0.4) is 0 Å². The number of likely N-dealkylation sites (tertiary alicyclic amines) is 1. The number of ether oxygens (including phenoxy) is 1. The van der Waals surface area contributed by atoms with Crippen LogP contribution in [-0.4, -0.2) is 46.6 Å². The van der Waals surface area contributed by atoms with Gasteiger partial charge in [0.25, 0.3) is 0 Å². The minimum Gasteiger partial charge on any atom is -0.453 e. The number of amides is 2. The largest absolute Gasteiger partial charge is 0.453 e. The molecule has 1 saturated heterocycles. The van der Waals surface area contributed by atoms with Crippen molar-refractivity contribution in [2.45, 2.75) is 48.6 Å². The number of nitrogens with zero attached hydrogens (tertiary/aromatic N) is 2. The Hall–Kier alpha value is -2.53. The Kier molecular flexibility index (Phi) is 8.38. The highest BCUT2D eigenvalue weighted by Gasteiger charge is 2.37. The molecule has 2 amide bonds. The number of aromatic amines is 1. The first-order valence-corrected chi connectivity index (χ1v) is 13.5. The van der Waals surface area contributed by atoms with Gasteiger partial charge in [-0.15, -0.1) is 0 Å². The third kappa shape index (κ3) is 6.00. The molecule has 0 spiro atoms. The Bertz CT molecular complexity index is 1180. The Balaban J connectivity index is 1.54. The molecule has 4 rings (SSSR count). The van der Waals surface area contributed by atoms with Crippen LogP contribution in [0.25, 0.3) is 11.3 Å². The molecule has 0 bridgehead atoms. The van der Waals surface area contributed by atoms with Crippen molar-refractivity contribution in [2.75, 3.05) is 13.7 Å². The molecule has 35 heavy (non-hydrogen) atoms. The highest BCUT2D eigenvalue weighted by Crippen LogP contribution is 2.36. The van der Waals surface area contributed by atoms with Gasteiger partial charge in [0, 0.05) is 25.5 Å². The third-order valence-corrected chi connectivity index (χ3v) is 8.42. The first kappa shape index (κ1) is 25.6. The molecule has 0 radical (unpaired) electrons. The summed E-state index contributed by atoms with van der Waals surface area (Å²) in [6.45, 7) is 4.46. The van der Waals surface area contributed by atoms with Crippen LogP contribution in [0.1, 0.15) is 38.6 Å². The third-order valence-electron chi connectivity index (χ3n) is 6.05. The molecule has 1 fully saturated rings. The normalized spacial score (nSPS) is 16.4. The fraction of sp³-hybridized carbons (Fsp3) is 0.346. The van der Waals surface area contributed by atoms with Crippen molar-refractivity contribution in [2.24, 2.45) is 5.92 Å². The number of aromatic nitrogens is 2. The number of hydrogen-bond acceptors (Lipinski definition) is 5. The smallest absolute Gasteiger partial charge is 0.407 e. The van der Waals surface area contributed by atoms with E-state index in [1.54, 1.807) is 11.8 Å². The molecule has 1 aliphatic heterocycles. The van der Waals surface area contributed by atoms with Crippen LogP contribution in [-0.2, 0) is 9.53 Å². The summed E-state index contributed by atoms with van der Waals surface area (Å²) in [7, 11) is 1.30. The average molecular weight is 605 g/mol. The van der Waals surface area contributed by atoms with Gasteiger partial charge in [-0.1, -0.05) is 49.9 Å². The molecule has 0 unspecified atom stereocenters. The Morgan fingerprint density at radius 3 is 2.71 bits per heavy atom. The summed E-state index contributed by atoms with van der Waals surface area (Å²) in [5.41, 5.74) is 1.96. The topological polar surface area (TPSA) is 87.3 Å². The summed E-state index contributed by atoms with van der Waals surface area (Å²) in [6.07, 6.45) is 2.94. The number of methoxy groups -OCH3 is 1. The number of hydrogen-bond donors (Lipinski definition) is 2. The summed E-state index contributed by atoms with van der Waals surface area (Å²) < 4.78 is 5.91. The van der Waals surface area contributed by atoms with E-state index in [9.17, 15) is 9.59 Å². The van der Waals surface area contributed by atoms with E-state index in [2.05, 4.69) is 68.2 Å². The van der Waals surface area contributed by atoms with Crippen molar-refractivity contribution in [1.29, 1.82) is 0 Å². The number of carbonyl (C=O) groups excluding carboxylic acids is 2. The maximum Gasteiger partial charge on any atom is 0.407 e. The van der Waals surface area contributed by atoms with E-state index >= 15 is 0 Å². The second-order valence-electron chi connectivity index (χ2n) is 8.79. The van der Waals surface area contributed by atoms with Gasteiger partial charge in [0.2, 0.25) is 5.91 Å². The van der Waals surface area contributed by atoms with Gasteiger partial charge in [-0.2, -0.15) is 0 Å². The van der Waals surface area contributed by atoms with Crippen molar-refractivity contribution in [3.05, 3.63) is 64.1 Å². The summed E-state index contributed by atoms with van der Waals surface area (Å²) in [6, 6.07) is 15.9. The highest BCUT2D eigenvalue weighted by atomic mass is 127. The van der Waals surface area contributed by atoms with Gasteiger partial charge >= 0.3 is 6.09 Å². The first-order valence-electron chi connectivity index (χ1n) is 11.6. The zero-order valence-electron chi connectivity index (χ0n) is 20.0. The lowest BCUT2D eigenvalue weighted by molar-refractivity contribution is -0.135. The van der Waals surface area contributed by atoms with Crippen molar-refractivity contribution in [1.82, 2.24) is 20.2 Å². The van der Waals surface area contributed by atoms with Crippen LogP contribution in [0.4, 0.5) is 4.79 Å². The molecular formula is C26H29IN4O3S. The SMILES string of the molecule is COC(=O)N[C@H](C(=O)N1CCC[C@H]1c1ncc(-c2ccc(I)c(Sc3ccccc3)c2)[nH]1)C(C)C. The number of imidazole rings is 1. The lowest BCUT2D eigenvalue weighted by Gasteiger charge is -2.30. The summed E-state index contributed by atoms with van der Waals surface area (Å²) in [5.74, 6) is 0.589. The maximum atomic E-state index is 13.4. The van der Waals surface area contributed by atoms with E-state index in [1.165, 1.54) is 20.5 Å². The van der Waals surface area contributed by atoms with Crippen LogP contribution in [0.15, 0.2) is 64.5 Å².